The molecule has 0 radical (unpaired) electrons. The van der Waals surface area contributed by atoms with E-state index in [4.69, 9.17) is 4.74 Å². The molecule has 126 valence electrons. The number of hydrogen-bond acceptors (Lipinski definition) is 3. The number of hydrogen-bond donors (Lipinski definition) is 0. The zero-order valence-corrected chi connectivity index (χ0v) is 14.7. The molecule has 1 aromatic rings. The van der Waals surface area contributed by atoms with E-state index in [0.29, 0.717) is 19.0 Å². The molecular weight excluding hydrogens is 310 g/mol. The van der Waals surface area contributed by atoms with E-state index in [-0.39, 0.29) is 6.10 Å². The highest BCUT2D eigenvalue weighted by Crippen LogP contribution is 2.26. The largest absolute Gasteiger partial charge is 0.374 e. The highest BCUT2D eigenvalue weighted by Gasteiger charge is 2.25. The lowest BCUT2D eigenvalue weighted by Crippen LogP contribution is -2.34. The molecule has 0 aromatic heterocycles. The fraction of sp³-hybridized carbons (Fsp3) is 0.556. The van der Waals surface area contributed by atoms with Crippen LogP contribution in [0.2, 0.25) is 0 Å². The second kappa shape index (κ2) is 6.75. The third kappa shape index (κ3) is 3.84. The number of ether oxygens (including phenoxy) is 1. The van der Waals surface area contributed by atoms with Crippen LogP contribution in [0.1, 0.15) is 49.3 Å². The molecule has 2 aliphatic heterocycles. The molecule has 23 heavy (non-hydrogen) atoms. The Morgan fingerprint density at radius 1 is 1.30 bits per heavy atom. The lowest BCUT2D eigenvalue weighted by atomic mass is 9.94. The Hall–Kier alpha value is -1.17. The van der Waals surface area contributed by atoms with Crippen LogP contribution in [-0.2, 0) is 27.7 Å². The van der Waals surface area contributed by atoms with Crippen molar-refractivity contribution in [1.82, 2.24) is 4.31 Å². The van der Waals surface area contributed by atoms with Gasteiger partial charge in [0.25, 0.3) is 0 Å². The minimum absolute atomic E-state index is 0.0459. The van der Waals surface area contributed by atoms with Crippen molar-refractivity contribution in [3.63, 3.8) is 0 Å². The zero-order valence-electron chi connectivity index (χ0n) is 13.9. The van der Waals surface area contributed by atoms with Crippen LogP contribution in [0.4, 0.5) is 0 Å². The second-order valence-electron chi connectivity index (χ2n) is 6.69. The van der Waals surface area contributed by atoms with Crippen molar-refractivity contribution in [1.29, 1.82) is 0 Å². The molecule has 0 spiro atoms. The standard InChI is InChI=1S/C18H25NO3S/c1-14(2)15-5-6-17-13-19(9-7-16(17)12-15)23(20,21)11-8-18-4-3-10-22-18/h5-6,8,11-12,14,18H,3-4,7,9-10,13H2,1-2H3/b11-8+/t18-/m1/s1. The maximum absolute atomic E-state index is 12.5. The van der Waals surface area contributed by atoms with Crippen molar-refractivity contribution < 1.29 is 13.2 Å². The summed E-state index contributed by atoms with van der Waals surface area (Å²) in [7, 11) is -3.37. The fourth-order valence-corrected chi connectivity index (χ4v) is 4.36. The van der Waals surface area contributed by atoms with Crippen molar-refractivity contribution >= 4 is 10.0 Å². The summed E-state index contributed by atoms with van der Waals surface area (Å²) in [5.41, 5.74) is 3.72. The van der Waals surface area contributed by atoms with Crippen molar-refractivity contribution in [3.05, 3.63) is 46.4 Å². The molecule has 1 aromatic carbocycles. The molecule has 0 aliphatic carbocycles. The molecule has 3 rings (SSSR count). The minimum Gasteiger partial charge on any atom is -0.374 e. The Morgan fingerprint density at radius 2 is 2.13 bits per heavy atom. The summed E-state index contributed by atoms with van der Waals surface area (Å²) in [4.78, 5) is 0. The number of rotatable bonds is 4. The summed E-state index contributed by atoms with van der Waals surface area (Å²) in [5, 5.41) is 1.33. The second-order valence-corrected chi connectivity index (χ2v) is 8.51. The van der Waals surface area contributed by atoms with Gasteiger partial charge in [0.15, 0.2) is 0 Å². The first-order chi connectivity index (χ1) is 11.0. The normalized spacial score (nSPS) is 22.8. The molecule has 5 heteroatoms. The van der Waals surface area contributed by atoms with Crippen LogP contribution in [0.25, 0.3) is 0 Å². The van der Waals surface area contributed by atoms with Gasteiger partial charge in [0.2, 0.25) is 10.0 Å². The molecule has 2 heterocycles. The molecule has 0 unspecified atom stereocenters. The Morgan fingerprint density at radius 3 is 2.83 bits per heavy atom. The maximum atomic E-state index is 12.5. The first-order valence-corrected chi connectivity index (χ1v) is 9.88. The molecule has 1 atom stereocenters. The van der Waals surface area contributed by atoms with E-state index in [0.717, 1.165) is 31.4 Å². The van der Waals surface area contributed by atoms with Crippen LogP contribution in [0.3, 0.4) is 0 Å². The van der Waals surface area contributed by atoms with E-state index in [1.54, 1.807) is 10.4 Å². The van der Waals surface area contributed by atoms with Gasteiger partial charge in [-0.15, -0.1) is 0 Å². The molecule has 0 saturated carbocycles. The number of benzene rings is 1. The third-order valence-electron chi connectivity index (χ3n) is 4.66. The van der Waals surface area contributed by atoms with Gasteiger partial charge in [-0.05, 0) is 47.9 Å². The Labute approximate surface area is 139 Å². The van der Waals surface area contributed by atoms with E-state index in [9.17, 15) is 8.42 Å². The van der Waals surface area contributed by atoms with Gasteiger partial charge >= 0.3 is 0 Å². The van der Waals surface area contributed by atoms with E-state index in [1.165, 1.54) is 16.5 Å². The van der Waals surface area contributed by atoms with Crippen molar-refractivity contribution in [2.24, 2.45) is 0 Å². The van der Waals surface area contributed by atoms with Gasteiger partial charge in [0.05, 0.1) is 6.10 Å². The van der Waals surface area contributed by atoms with Gasteiger partial charge in [-0.25, -0.2) is 8.42 Å². The average Bonchev–Trinajstić information content (AvgIpc) is 3.05. The average molecular weight is 335 g/mol. The summed E-state index contributed by atoms with van der Waals surface area (Å²) in [6.07, 6.45) is 4.34. The van der Waals surface area contributed by atoms with Crippen LogP contribution in [0, 0.1) is 0 Å². The van der Waals surface area contributed by atoms with Crippen LogP contribution >= 0.6 is 0 Å². The lowest BCUT2D eigenvalue weighted by molar-refractivity contribution is 0.145. The SMILES string of the molecule is CC(C)c1ccc2c(c1)CCN(S(=O)(=O)/C=C/[C@H]1CCCO1)C2. The number of sulfonamides is 1. The minimum atomic E-state index is -3.37. The summed E-state index contributed by atoms with van der Waals surface area (Å²) in [6, 6.07) is 6.42. The summed E-state index contributed by atoms with van der Waals surface area (Å²) >= 11 is 0. The van der Waals surface area contributed by atoms with E-state index < -0.39 is 10.0 Å². The van der Waals surface area contributed by atoms with Gasteiger partial charge in [-0.3, -0.25) is 0 Å². The highest BCUT2D eigenvalue weighted by molar-refractivity contribution is 7.92. The molecule has 0 amide bonds. The molecule has 1 saturated heterocycles. The van der Waals surface area contributed by atoms with Crippen LogP contribution < -0.4 is 0 Å². The topological polar surface area (TPSA) is 46.6 Å². The van der Waals surface area contributed by atoms with Gasteiger partial charge in [-0.1, -0.05) is 32.0 Å². The van der Waals surface area contributed by atoms with Gasteiger partial charge in [-0.2, -0.15) is 4.31 Å². The van der Waals surface area contributed by atoms with E-state index in [2.05, 4.69) is 32.0 Å². The quantitative estimate of drug-likeness (QED) is 0.849. The van der Waals surface area contributed by atoms with Crippen LogP contribution in [0.15, 0.2) is 29.7 Å². The Bertz CT molecular complexity index is 688. The van der Waals surface area contributed by atoms with Gasteiger partial charge in [0.1, 0.15) is 0 Å². The summed E-state index contributed by atoms with van der Waals surface area (Å²) < 4.78 is 32.0. The first-order valence-electron chi connectivity index (χ1n) is 8.37. The molecular formula is C18H25NO3S. The highest BCUT2D eigenvalue weighted by atomic mass is 32.2. The van der Waals surface area contributed by atoms with Crippen molar-refractivity contribution in [3.8, 4) is 0 Å². The molecule has 2 aliphatic rings. The molecule has 1 fully saturated rings. The summed E-state index contributed by atoms with van der Waals surface area (Å²) in [5.74, 6) is 0.497. The maximum Gasteiger partial charge on any atom is 0.236 e. The van der Waals surface area contributed by atoms with Crippen LogP contribution in [0.5, 0.6) is 0 Å². The summed E-state index contributed by atoms with van der Waals surface area (Å²) in [6.45, 7) is 6.09. The monoisotopic (exact) mass is 335 g/mol. The van der Waals surface area contributed by atoms with Crippen molar-refractivity contribution in [2.45, 2.75) is 51.7 Å². The van der Waals surface area contributed by atoms with Gasteiger partial charge < -0.3 is 4.74 Å². The molecule has 0 N–H and O–H groups in total. The predicted molar refractivity (Wildman–Crippen MR) is 91.7 cm³/mol. The smallest absolute Gasteiger partial charge is 0.236 e. The number of nitrogens with zero attached hydrogens (tertiary/aromatic N) is 1. The number of fused-ring (bicyclic) bond motifs is 1. The first kappa shape index (κ1) is 16.7. The fourth-order valence-electron chi connectivity index (χ4n) is 3.15. The van der Waals surface area contributed by atoms with E-state index >= 15 is 0 Å². The molecule has 0 bridgehead atoms. The van der Waals surface area contributed by atoms with Gasteiger partial charge in [0, 0.05) is 25.1 Å². The van der Waals surface area contributed by atoms with Crippen LogP contribution in [-0.4, -0.2) is 32.0 Å². The zero-order chi connectivity index (χ0) is 16.4. The Balaban J connectivity index is 1.73. The van der Waals surface area contributed by atoms with E-state index in [1.807, 2.05) is 0 Å². The lowest BCUT2D eigenvalue weighted by Gasteiger charge is -2.27. The predicted octanol–water partition coefficient (Wildman–Crippen LogP) is 3.19. The van der Waals surface area contributed by atoms with Crippen molar-refractivity contribution in [2.75, 3.05) is 13.2 Å². The third-order valence-corrected chi connectivity index (χ3v) is 6.20. The molecule has 4 nitrogen and oxygen atoms in total. The Kier molecular flexibility index (Phi) is 4.90.